The Bertz CT molecular complexity index is 630. The first-order valence-corrected chi connectivity index (χ1v) is 6.62. The molecule has 0 saturated carbocycles. The normalized spacial score (nSPS) is 20.1. The summed E-state index contributed by atoms with van der Waals surface area (Å²) in [5, 5.41) is 0. The Morgan fingerprint density at radius 3 is 2.14 bits per heavy atom. The SMILES string of the molecule is COc1cc2c(cc1OC)C(c1ccncc1)OC2OC. The molecular formula is C16H17NO4. The summed E-state index contributed by atoms with van der Waals surface area (Å²) in [5.74, 6) is 1.34. The van der Waals surface area contributed by atoms with Gasteiger partial charge in [-0.05, 0) is 35.4 Å². The maximum atomic E-state index is 6.00. The molecule has 2 aromatic rings. The molecule has 1 aliphatic rings. The largest absolute Gasteiger partial charge is 0.493 e. The molecule has 2 atom stereocenters. The van der Waals surface area contributed by atoms with Crippen LogP contribution in [0.25, 0.3) is 0 Å². The second kappa shape index (κ2) is 5.71. The highest BCUT2D eigenvalue weighted by Gasteiger charge is 2.34. The Morgan fingerprint density at radius 2 is 1.57 bits per heavy atom. The molecule has 0 saturated heterocycles. The van der Waals surface area contributed by atoms with Crippen LogP contribution in [0.4, 0.5) is 0 Å². The highest BCUT2D eigenvalue weighted by atomic mass is 16.7. The van der Waals surface area contributed by atoms with E-state index < -0.39 is 6.29 Å². The van der Waals surface area contributed by atoms with Gasteiger partial charge in [0.2, 0.25) is 0 Å². The minimum absolute atomic E-state index is 0.201. The van der Waals surface area contributed by atoms with E-state index in [-0.39, 0.29) is 6.10 Å². The Morgan fingerprint density at radius 1 is 0.952 bits per heavy atom. The summed E-state index contributed by atoms with van der Waals surface area (Å²) in [7, 11) is 4.86. The molecule has 1 aliphatic heterocycles. The molecule has 0 N–H and O–H groups in total. The second-order valence-corrected chi connectivity index (χ2v) is 4.70. The zero-order valence-corrected chi connectivity index (χ0v) is 12.2. The Kier molecular flexibility index (Phi) is 3.77. The predicted octanol–water partition coefficient (Wildman–Crippen LogP) is 2.86. The molecule has 0 fully saturated rings. The van der Waals surface area contributed by atoms with Crippen LogP contribution in [-0.2, 0) is 9.47 Å². The molecule has 1 aromatic carbocycles. The third kappa shape index (κ3) is 2.34. The van der Waals surface area contributed by atoms with E-state index in [1.54, 1.807) is 33.7 Å². The molecule has 0 spiro atoms. The first-order chi connectivity index (χ1) is 10.3. The number of aromatic nitrogens is 1. The summed E-state index contributed by atoms with van der Waals surface area (Å²) < 4.78 is 22.2. The lowest BCUT2D eigenvalue weighted by atomic mass is 9.99. The smallest absolute Gasteiger partial charge is 0.185 e. The zero-order valence-electron chi connectivity index (χ0n) is 12.2. The summed E-state index contributed by atoms with van der Waals surface area (Å²) in [6.07, 6.45) is 2.88. The number of benzene rings is 1. The molecule has 3 rings (SSSR count). The van der Waals surface area contributed by atoms with Crippen LogP contribution in [0.15, 0.2) is 36.7 Å². The van der Waals surface area contributed by atoms with Crippen LogP contribution >= 0.6 is 0 Å². The van der Waals surface area contributed by atoms with Gasteiger partial charge in [-0.1, -0.05) is 0 Å². The van der Waals surface area contributed by atoms with Crippen LogP contribution < -0.4 is 9.47 Å². The van der Waals surface area contributed by atoms with E-state index in [2.05, 4.69) is 4.98 Å². The summed E-state index contributed by atoms with van der Waals surface area (Å²) in [6, 6.07) is 7.72. The number of rotatable bonds is 4. The lowest BCUT2D eigenvalue weighted by molar-refractivity contribution is -0.132. The Balaban J connectivity index is 2.11. The van der Waals surface area contributed by atoms with Crippen molar-refractivity contribution in [2.75, 3.05) is 21.3 Å². The summed E-state index contributed by atoms with van der Waals surface area (Å²) >= 11 is 0. The van der Waals surface area contributed by atoms with Crippen molar-refractivity contribution in [2.45, 2.75) is 12.4 Å². The number of pyridine rings is 1. The van der Waals surface area contributed by atoms with Crippen molar-refractivity contribution >= 4 is 0 Å². The van der Waals surface area contributed by atoms with Gasteiger partial charge in [-0.2, -0.15) is 0 Å². The predicted molar refractivity (Wildman–Crippen MR) is 76.5 cm³/mol. The fourth-order valence-electron chi connectivity index (χ4n) is 2.59. The number of hydrogen-bond donors (Lipinski definition) is 0. The van der Waals surface area contributed by atoms with Crippen molar-refractivity contribution in [2.24, 2.45) is 0 Å². The number of ether oxygens (including phenoxy) is 4. The van der Waals surface area contributed by atoms with E-state index >= 15 is 0 Å². The highest BCUT2D eigenvalue weighted by molar-refractivity contribution is 5.52. The van der Waals surface area contributed by atoms with Crippen LogP contribution in [0.3, 0.4) is 0 Å². The quantitative estimate of drug-likeness (QED) is 0.865. The molecule has 21 heavy (non-hydrogen) atoms. The van der Waals surface area contributed by atoms with Gasteiger partial charge in [0, 0.05) is 25.1 Å². The van der Waals surface area contributed by atoms with Crippen molar-refractivity contribution in [3.63, 3.8) is 0 Å². The molecule has 5 heteroatoms. The fraction of sp³-hybridized carbons (Fsp3) is 0.312. The van der Waals surface area contributed by atoms with E-state index in [4.69, 9.17) is 18.9 Å². The summed E-state index contributed by atoms with van der Waals surface area (Å²) in [5.41, 5.74) is 3.00. The van der Waals surface area contributed by atoms with Gasteiger partial charge >= 0.3 is 0 Å². The van der Waals surface area contributed by atoms with Crippen molar-refractivity contribution in [3.8, 4) is 11.5 Å². The molecule has 0 amide bonds. The molecule has 0 radical (unpaired) electrons. The standard InChI is InChI=1S/C16H17NO4/c1-18-13-8-11-12(9-14(13)19-2)16(20-3)21-15(11)10-4-6-17-7-5-10/h4-9,15-16H,1-3H3. The van der Waals surface area contributed by atoms with E-state index in [9.17, 15) is 0 Å². The average Bonchev–Trinajstić information content (AvgIpc) is 2.91. The molecule has 2 heterocycles. The number of nitrogens with zero attached hydrogens (tertiary/aromatic N) is 1. The molecule has 1 aromatic heterocycles. The van der Waals surface area contributed by atoms with Gasteiger partial charge in [0.05, 0.1) is 14.2 Å². The minimum atomic E-state index is -0.419. The number of methoxy groups -OCH3 is 3. The van der Waals surface area contributed by atoms with Gasteiger partial charge < -0.3 is 18.9 Å². The van der Waals surface area contributed by atoms with Gasteiger partial charge in [0.25, 0.3) is 0 Å². The van der Waals surface area contributed by atoms with E-state index in [1.807, 2.05) is 24.3 Å². The molecule has 0 bridgehead atoms. The van der Waals surface area contributed by atoms with E-state index in [1.165, 1.54) is 0 Å². The summed E-state index contributed by atoms with van der Waals surface area (Å²) in [4.78, 5) is 4.04. The molecule has 5 nitrogen and oxygen atoms in total. The number of hydrogen-bond acceptors (Lipinski definition) is 5. The van der Waals surface area contributed by atoms with Crippen LogP contribution in [0.5, 0.6) is 11.5 Å². The van der Waals surface area contributed by atoms with E-state index in [0.717, 1.165) is 16.7 Å². The third-order valence-electron chi connectivity index (χ3n) is 3.61. The molecule has 2 unspecified atom stereocenters. The monoisotopic (exact) mass is 287 g/mol. The van der Waals surface area contributed by atoms with Gasteiger partial charge in [-0.15, -0.1) is 0 Å². The van der Waals surface area contributed by atoms with Crippen molar-refractivity contribution in [1.82, 2.24) is 4.98 Å². The molecular weight excluding hydrogens is 270 g/mol. The zero-order chi connectivity index (χ0) is 14.8. The van der Waals surface area contributed by atoms with Gasteiger partial charge in [-0.25, -0.2) is 0 Å². The van der Waals surface area contributed by atoms with Crippen LogP contribution in [-0.4, -0.2) is 26.3 Å². The van der Waals surface area contributed by atoms with Crippen molar-refractivity contribution < 1.29 is 18.9 Å². The molecule has 110 valence electrons. The van der Waals surface area contributed by atoms with Crippen molar-refractivity contribution in [3.05, 3.63) is 53.3 Å². The highest BCUT2D eigenvalue weighted by Crippen LogP contribution is 2.47. The van der Waals surface area contributed by atoms with Gasteiger partial charge in [0.15, 0.2) is 17.8 Å². The maximum Gasteiger partial charge on any atom is 0.185 e. The molecule has 0 aliphatic carbocycles. The van der Waals surface area contributed by atoms with Crippen LogP contribution in [0.2, 0.25) is 0 Å². The van der Waals surface area contributed by atoms with Gasteiger partial charge in [0.1, 0.15) is 6.10 Å². The Labute approximate surface area is 123 Å². The maximum absolute atomic E-state index is 6.00. The first-order valence-electron chi connectivity index (χ1n) is 6.62. The first kappa shape index (κ1) is 13.9. The lowest BCUT2D eigenvalue weighted by Gasteiger charge is -2.13. The average molecular weight is 287 g/mol. The minimum Gasteiger partial charge on any atom is -0.493 e. The third-order valence-corrected chi connectivity index (χ3v) is 3.61. The Hall–Kier alpha value is -2.11. The summed E-state index contributed by atoms with van der Waals surface area (Å²) in [6.45, 7) is 0. The lowest BCUT2D eigenvalue weighted by Crippen LogP contribution is -2.01. The van der Waals surface area contributed by atoms with Gasteiger partial charge in [-0.3, -0.25) is 4.98 Å². The number of fused-ring (bicyclic) bond motifs is 1. The van der Waals surface area contributed by atoms with Crippen molar-refractivity contribution in [1.29, 1.82) is 0 Å². The fourth-order valence-corrected chi connectivity index (χ4v) is 2.59. The van der Waals surface area contributed by atoms with Crippen LogP contribution in [0, 0.1) is 0 Å². The van der Waals surface area contributed by atoms with Crippen LogP contribution in [0.1, 0.15) is 29.1 Å². The second-order valence-electron chi connectivity index (χ2n) is 4.70. The topological polar surface area (TPSA) is 49.8 Å². The van der Waals surface area contributed by atoms with E-state index in [0.29, 0.717) is 11.5 Å².